The first kappa shape index (κ1) is 23.6. The molecule has 2 fully saturated rings. The first-order valence-corrected chi connectivity index (χ1v) is 13.1. The monoisotopic (exact) mass is 441 g/mol. The van der Waals surface area contributed by atoms with E-state index in [4.69, 9.17) is 4.74 Å². The van der Waals surface area contributed by atoms with Crippen LogP contribution in [0.2, 0.25) is 0 Å². The number of nitrogens with zero attached hydrogens (tertiary/aromatic N) is 2. The smallest absolute Gasteiger partial charge is 0.226 e. The molecule has 0 spiro atoms. The van der Waals surface area contributed by atoms with Crippen molar-refractivity contribution >= 4 is 5.91 Å². The van der Waals surface area contributed by atoms with E-state index in [1.54, 1.807) is 7.11 Å². The van der Waals surface area contributed by atoms with E-state index in [1.165, 1.54) is 43.2 Å². The third kappa shape index (κ3) is 5.66. The minimum Gasteiger partial charge on any atom is -0.497 e. The standard InChI is InChI=1S/C27H43N3O2/c1-3-16-29(25-9-7-21-8-10-26(32-2)20-23(21)19-25)18-13-24-6-4-5-17-30(24)27(31)22-11-14-28-15-12-22/h8,10,20,22,24-25,28H,3-7,9,11-19H2,1-2H3. The van der Waals surface area contributed by atoms with Gasteiger partial charge in [-0.2, -0.15) is 0 Å². The Labute approximate surface area is 194 Å². The third-order valence-electron chi connectivity index (χ3n) is 7.99. The lowest BCUT2D eigenvalue weighted by Crippen LogP contribution is -2.50. The zero-order valence-electron chi connectivity index (χ0n) is 20.3. The number of amides is 1. The summed E-state index contributed by atoms with van der Waals surface area (Å²) in [6.07, 6.45) is 11.5. The molecule has 1 amide bonds. The summed E-state index contributed by atoms with van der Waals surface area (Å²) in [5.74, 6) is 1.66. The minimum absolute atomic E-state index is 0.244. The molecule has 0 aromatic heterocycles. The molecular formula is C27H43N3O2. The average molecular weight is 442 g/mol. The molecule has 2 saturated heterocycles. The van der Waals surface area contributed by atoms with E-state index in [2.05, 4.69) is 40.2 Å². The number of carbonyl (C=O) groups is 1. The van der Waals surface area contributed by atoms with E-state index in [0.717, 1.165) is 70.6 Å². The highest BCUT2D eigenvalue weighted by Gasteiger charge is 2.33. The fraction of sp³-hybridized carbons (Fsp3) is 0.741. The maximum Gasteiger partial charge on any atom is 0.226 e. The molecule has 178 valence electrons. The highest BCUT2D eigenvalue weighted by molar-refractivity contribution is 5.79. The van der Waals surface area contributed by atoms with Gasteiger partial charge in [0.2, 0.25) is 5.91 Å². The third-order valence-corrected chi connectivity index (χ3v) is 7.99. The number of rotatable bonds is 8. The Morgan fingerprint density at radius 1 is 1.12 bits per heavy atom. The van der Waals surface area contributed by atoms with Gasteiger partial charge in [0.15, 0.2) is 0 Å². The van der Waals surface area contributed by atoms with Crippen LogP contribution in [0.15, 0.2) is 18.2 Å². The summed E-state index contributed by atoms with van der Waals surface area (Å²) in [4.78, 5) is 18.3. The summed E-state index contributed by atoms with van der Waals surface area (Å²) in [6.45, 7) is 7.51. The van der Waals surface area contributed by atoms with Gasteiger partial charge in [-0.15, -0.1) is 0 Å². The summed E-state index contributed by atoms with van der Waals surface area (Å²) >= 11 is 0. The molecule has 4 rings (SSSR count). The topological polar surface area (TPSA) is 44.8 Å². The maximum absolute atomic E-state index is 13.3. The first-order valence-electron chi connectivity index (χ1n) is 13.1. The molecule has 0 radical (unpaired) electrons. The van der Waals surface area contributed by atoms with E-state index >= 15 is 0 Å². The highest BCUT2D eigenvalue weighted by atomic mass is 16.5. The van der Waals surface area contributed by atoms with Crippen molar-refractivity contribution in [1.82, 2.24) is 15.1 Å². The van der Waals surface area contributed by atoms with Crippen LogP contribution < -0.4 is 10.1 Å². The molecule has 2 heterocycles. The molecule has 5 heteroatoms. The predicted octanol–water partition coefficient (Wildman–Crippen LogP) is 4.04. The molecule has 5 nitrogen and oxygen atoms in total. The fourth-order valence-electron chi connectivity index (χ4n) is 6.13. The number of nitrogens with one attached hydrogen (secondary N) is 1. The summed E-state index contributed by atoms with van der Waals surface area (Å²) in [5.41, 5.74) is 2.95. The molecule has 0 saturated carbocycles. The van der Waals surface area contributed by atoms with E-state index in [0.29, 0.717) is 18.0 Å². The van der Waals surface area contributed by atoms with Gasteiger partial charge in [0.05, 0.1) is 7.11 Å². The molecule has 2 aliphatic heterocycles. The Balaban J connectivity index is 1.38. The maximum atomic E-state index is 13.3. The lowest BCUT2D eigenvalue weighted by atomic mass is 9.87. The number of piperidine rings is 2. The van der Waals surface area contributed by atoms with E-state index in [-0.39, 0.29) is 5.92 Å². The van der Waals surface area contributed by atoms with Crippen molar-refractivity contribution in [2.75, 3.05) is 39.8 Å². The summed E-state index contributed by atoms with van der Waals surface area (Å²) in [5, 5.41) is 3.40. The number of carbonyl (C=O) groups excluding carboxylic acids is 1. The Morgan fingerprint density at radius 3 is 2.75 bits per heavy atom. The molecule has 2 unspecified atom stereocenters. The van der Waals surface area contributed by atoms with Crippen LogP contribution in [0.3, 0.4) is 0 Å². The van der Waals surface area contributed by atoms with E-state index in [9.17, 15) is 4.79 Å². The predicted molar refractivity (Wildman–Crippen MR) is 130 cm³/mol. The van der Waals surface area contributed by atoms with Crippen LogP contribution in [0.5, 0.6) is 5.75 Å². The van der Waals surface area contributed by atoms with Gasteiger partial charge in [-0.25, -0.2) is 0 Å². The molecule has 2 atom stereocenters. The molecule has 1 N–H and O–H groups in total. The highest BCUT2D eigenvalue weighted by Crippen LogP contribution is 2.29. The SMILES string of the molecule is CCCN(CCC1CCCCN1C(=O)C1CCNCC1)C1CCc2ccc(OC)cc2C1. The molecule has 32 heavy (non-hydrogen) atoms. The zero-order valence-corrected chi connectivity index (χ0v) is 20.3. The summed E-state index contributed by atoms with van der Waals surface area (Å²) < 4.78 is 5.48. The van der Waals surface area contributed by atoms with Gasteiger partial charge < -0.3 is 15.0 Å². The van der Waals surface area contributed by atoms with Crippen LogP contribution in [0, 0.1) is 5.92 Å². The van der Waals surface area contributed by atoms with Gasteiger partial charge in [0.25, 0.3) is 0 Å². The van der Waals surface area contributed by atoms with Crippen LogP contribution in [-0.2, 0) is 17.6 Å². The Kier molecular flexibility index (Phi) is 8.48. The van der Waals surface area contributed by atoms with Gasteiger partial charge in [-0.1, -0.05) is 13.0 Å². The second-order valence-electron chi connectivity index (χ2n) is 10.1. The van der Waals surface area contributed by atoms with Crippen molar-refractivity contribution in [1.29, 1.82) is 0 Å². The second kappa shape index (κ2) is 11.5. The Morgan fingerprint density at radius 2 is 1.97 bits per heavy atom. The summed E-state index contributed by atoms with van der Waals surface area (Å²) in [7, 11) is 1.76. The van der Waals surface area contributed by atoms with Crippen molar-refractivity contribution < 1.29 is 9.53 Å². The Hall–Kier alpha value is -1.59. The number of hydrogen-bond donors (Lipinski definition) is 1. The number of benzene rings is 1. The molecule has 3 aliphatic rings. The average Bonchev–Trinajstić information content (AvgIpc) is 2.86. The van der Waals surface area contributed by atoms with Crippen LogP contribution in [0.4, 0.5) is 0 Å². The Bertz CT molecular complexity index is 746. The van der Waals surface area contributed by atoms with E-state index in [1.807, 2.05) is 0 Å². The van der Waals surface area contributed by atoms with Crippen LogP contribution in [0.25, 0.3) is 0 Å². The van der Waals surface area contributed by atoms with Crippen molar-refractivity contribution in [3.63, 3.8) is 0 Å². The molecule has 0 bridgehead atoms. The summed E-state index contributed by atoms with van der Waals surface area (Å²) in [6, 6.07) is 7.63. The van der Waals surface area contributed by atoms with Gasteiger partial charge in [0.1, 0.15) is 5.75 Å². The number of likely N-dealkylation sites (tertiary alicyclic amines) is 1. The molecule has 1 aromatic carbocycles. The van der Waals surface area contributed by atoms with Crippen LogP contribution in [0.1, 0.15) is 69.4 Å². The van der Waals surface area contributed by atoms with Gasteiger partial charge in [-0.3, -0.25) is 9.69 Å². The number of aryl methyl sites for hydroxylation is 1. The zero-order chi connectivity index (χ0) is 22.3. The van der Waals surface area contributed by atoms with E-state index < -0.39 is 0 Å². The van der Waals surface area contributed by atoms with Crippen molar-refractivity contribution in [3.05, 3.63) is 29.3 Å². The second-order valence-corrected chi connectivity index (χ2v) is 10.1. The van der Waals surface area contributed by atoms with Crippen molar-refractivity contribution in [2.45, 2.75) is 83.2 Å². The molecule has 1 aromatic rings. The molecular weight excluding hydrogens is 398 g/mol. The largest absolute Gasteiger partial charge is 0.497 e. The fourth-order valence-corrected chi connectivity index (χ4v) is 6.13. The quantitative estimate of drug-likeness (QED) is 0.661. The van der Waals surface area contributed by atoms with Gasteiger partial charge in [0, 0.05) is 31.1 Å². The van der Waals surface area contributed by atoms with Gasteiger partial charge in [-0.05, 0) is 107 Å². The van der Waals surface area contributed by atoms with Gasteiger partial charge >= 0.3 is 0 Å². The molecule has 1 aliphatic carbocycles. The van der Waals surface area contributed by atoms with Crippen LogP contribution in [-0.4, -0.2) is 67.6 Å². The number of ether oxygens (including phenoxy) is 1. The normalized spacial score (nSPS) is 24.4. The van der Waals surface area contributed by atoms with Crippen LogP contribution >= 0.6 is 0 Å². The first-order chi connectivity index (χ1) is 15.7. The number of methoxy groups -OCH3 is 1. The number of fused-ring (bicyclic) bond motifs is 1. The number of hydrogen-bond acceptors (Lipinski definition) is 4. The lowest BCUT2D eigenvalue weighted by molar-refractivity contribution is -0.140. The van der Waals surface area contributed by atoms with Crippen molar-refractivity contribution in [2.24, 2.45) is 5.92 Å². The lowest BCUT2D eigenvalue weighted by Gasteiger charge is -2.41. The minimum atomic E-state index is 0.244. The van der Waals surface area contributed by atoms with Crippen molar-refractivity contribution in [3.8, 4) is 5.75 Å².